The quantitative estimate of drug-likeness (QED) is 0.794. The number of carboxylic acid groups (broad SMARTS) is 1. The van der Waals surface area contributed by atoms with E-state index in [0.29, 0.717) is 0 Å². The van der Waals surface area contributed by atoms with E-state index in [0.717, 1.165) is 12.8 Å². The van der Waals surface area contributed by atoms with Crippen LogP contribution in [0.25, 0.3) is 0 Å². The van der Waals surface area contributed by atoms with Crippen LogP contribution in [0.3, 0.4) is 0 Å². The fourth-order valence-electron chi connectivity index (χ4n) is 2.13. The van der Waals surface area contributed by atoms with E-state index in [4.69, 9.17) is 5.11 Å². The SMILES string of the molecule is CC(NC(C)(C)CCc1ccccc1)C(C)C(=O)O. The predicted octanol–water partition coefficient (Wildman–Crippen LogP) is 3.10. The molecule has 0 aliphatic rings. The third-order valence-electron chi connectivity index (χ3n) is 3.64. The van der Waals surface area contributed by atoms with Crippen LogP contribution in [-0.4, -0.2) is 22.7 Å². The van der Waals surface area contributed by atoms with Crippen molar-refractivity contribution in [1.29, 1.82) is 0 Å². The summed E-state index contributed by atoms with van der Waals surface area (Å²) in [6.07, 6.45) is 1.97. The van der Waals surface area contributed by atoms with E-state index in [1.165, 1.54) is 5.56 Å². The van der Waals surface area contributed by atoms with Crippen molar-refractivity contribution in [3.8, 4) is 0 Å². The van der Waals surface area contributed by atoms with Crippen LogP contribution >= 0.6 is 0 Å². The van der Waals surface area contributed by atoms with Gasteiger partial charge in [0.15, 0.2) is 0 Å². The molecule has 0 radical (unpaired) electrons. The summed E-state index contributed by atoms with van der Waals surface area (Å²) >= 11 is 0. The summed E-state index contributed by atoms with van der Waals surface area (Å²) in [5, 5.41) is 12.4. The van der Waals surface area contributed by atoms with Crippen LogP contribution in [0.5, 0.6) is 0 Å². The van der Waals surface area contributed by atoms with Crippen molar-refractivity contribution >= 4 is 5.97 Å². The van der Waals surface area contributed by atoms with Gasteiger partial charge < -0.3 is 10.4 Å². The van der Waals surface area contributed by atoms with Gasteiger partial charge in [0.2, 0.25) is 0 Å². The third-order valence-corrected chi connectivity index (χ3v) is 3.64. The van der Waals surface area contributed by atoms with Crippen molar-refractivity contribution in [3.05, 3.63) is 35.9 Å². The normalized spacial score (nSPS) is 14.9. The van der Waals surface area contributed by atoms with E-state index in [2.05, 4.69) is 31.3 Å². The molecule has 0 spiro atoms. The topological polar surface area (TPSA) is 49.3 Å². The van der Waals surface area contributed by atoms with E-state index >= 15 is 0 Å². The lowest BCUT2D eigenvalue weighted by atomic mass is 9.92. The van der Waals surface area contributed by atoms with Gasteiger partial charge in [-0.15, -0.1) is 0 Å². The zero-order valence-electron chi connectivity index (χ0n) is 12.3. The number of aliphatic carboxylic acids is 1. The molecule has 2 atom stereocenters. The van der Waals surface area contributed by atoms with E-state index in [-0.39, 0.29) is 17.5 Å². The number of benzene rings is 1. The fourth-order valence-corrected chi connectivity index (χ4v) is 2.13. The maximum absolute atomic E-state index is 11.0. The molecule has 0 amide bonds. The van der Waals surface area contributed by atoms with E-state index < -0.39 is 5.97 Å². The summed E-state index contributed by atoms with van der Waals surface area (Å²) in [5.74, 6) is -1.13. The molecule has 0 fully saturated rings. The lowest BCUT2D eigenvalue weighted by Gasteiger charge is -2.32. The first kappa shape index (κ1) is 15.7. The van der Waals surface area contributed by atoms with Gasteiger partial charge in [-0.25, -0.2) is 0 Å². The van der Waals surface area contributed by atoms with Crippen LogP contribution < -0.4 is 5.32 Å². The molecule has 0 aliphatic heterocycles. The van der Waals surface area contributed by atoms with Gasteiger partial charge in [0, 0.05) is 11.6 Å². The first-order valence-corrected chi connectivity index (χ1v) is 6.86. The number of nitrogens with one attached hydrogen (secondary N) is 1. The molecule has 2 unspecified atom stereocenters. The third kappa shape index (κ3) is 5.43. The molecule has 0 saturated heterocycles. The zero-order valence-corrected chi connectivity index (χ0v) is 12.3. The van der Waals surface area contributed by atoms with Crippen molar-refractivity contribution < 1.29 is 9.90 Å². The minimum absolute atomic E-state index is 0.0386. The van der Waals surface area contributed by atoms with Crippen molar-refractivity contribution in [2.75, 3.05) is 0 Å². The van der Waals surface area contributed by atoms with Gasteiger partial charge in [-0.2, -0.15) is 0 Å². The smallest absolute Gasteiger partial charge is 0.307 e. The average Bonchev–Trinajstić information content (AvgIpc) is 2.36. The Labute approximate surface area is 116 Å². The number of hydrogen-bond acceptors (Lipinski definition) is 2. The molecular formula is C16H25NO2. The maximum atomic E-state index is 11.0. The molecule has 1 aromatic rings. The Bertz CT molecular complexity index is 400. The molecule has 106 valence electrons. The number of aryl methyl sites for hydroxylation is 1. The van der Waals surface area contributed by atoms with Crippen molar-refractivity contribution in [2.24, 2.45) is 5.92 Å². The molecule has 1 rings (SSSR count). The lowest BCUT2D eigenvalue weighted by Crippen LogP contribution is -2.49. The van der Waals surface area contributed by atoms with Crippen molar-refractivity contribution in [1.82, 2.24) is 5.32 Å². The molecule has 1 aromatic carbocycles. The molecular weight excluding hydrogens is 238 g/mol. The Morgan fingerprint density at radius 1 is 1.26 bits per heavy atom. The van der Waals surface area contributed by atoms with Gasteiger partial charge >= 0.3 is 5.97 Å². The maximum Gasteiger partial charge on any atom is 0.307 e. The summed E-state index contributed by atoms with van der Waals surface area (Å²) in [6.45, 7) is 7.93. The van der Waals surface area contributed by atoms with Crippen molar-refractivity contribution in [2.45, 2.75) is 52.1 Å². The molecule has 3 heteroatoms. The van der Waals surface area contributed by atoms with Gasteiger partial charge in [-0.3, -0.25) is 4.79 Å². The molecule has 3 nitrogen and oxygen atoms in total. The highest BCUT2D eigenvalue weighted by Crippen LogP contribution is 2.16. The second-order valence-corrected chi connectivity index (χ2v) is 5.93. The predicted molar refractivity (Wildman–Crippen MR) is 78.2 cm³/mol. The number of carboxylic acids is 1. The Morgan fingerprint density at radius 2 is 1.84 bits per heavy atom. The monoisotopic (exact) mass is 263 g/mol. The van der Waals surface area contributed by atoms with Crippen LogP contribution in [0.4, 0.5) is 0 Å². The number of hydrogen-bond donors (Lipinski definition) is 2. The van der Waals surface area contributed by atoms with Crippen LogP contribution in [-0.2, 0) is 11.2 Å². The number of rotatable bonds is 7. The number of carbonyl (C=O) groups is 1. The minimum atomic E-state index is -0.751. The van der Waals surface area contributed by atoms with Crippen LogP contribution in [0.15, 0.2) is 30.3 Å². The summed E-state index contributed by atoms with van der Waals surface area (Å²) in [7, 11) is 0. The Hall–Kier alpha value is -1.35. The van der Waals surface area contributed by atoms with Gasteiger partial charge in [-0.1, -0.05) is 37.3 Å². The van der Waals surface area contributed by atoms with E-state index in [1.54, 1.807) is 6.92 Å². The van der Waals surface area contributed by atoms with Crippen LogP contribution in [0, 0.1) is 5.92 Å². The summed E-state index contributed by atoms with van der Waals surface area (Å²) in [4.78, 5) is 11.0. The van der Waals surface area contributed by atoms with Crippen molar-refractivity contribution in [3.63, 3.8) is 0 Å². The molecule has 0 aliphatic carbocycles. The highest BCUT2D eigenvalue weighted by atomic mass is 16.4. The van der Waals surface area contributed by atoms with Gasteiger partial charge in [0.1, 0.15) is 0 Å². The Kier molecular flexibility index (Phi) is 5.55. The molecule has 0 heterocycles. The Balaban J connectivity index is 2.49. The second kappa shape index (κ2) is 6.71. The largest absolute Gasteiger partial charge is 0.481 e. The first-order chi connectivity index (χ1) is 8.82. The summed E-state index contributed by atoms with van der Waals surface area (Å²) in [5.41, 5.74) is 1.25. The Morgan fingerprint density at radius 3 is 2.37 bits per heavy atom. The lowest BCUT2D eigenvalue weighted by molar-refractivity contribution is -0.142. The highest BCUT2D eigenvalue weighted by Gasteiger charge is 2.26. The first-order valence-electron chi connectivity index (χ1n) is 6.86. The zero-order chi connectivity index (χ0) is 14.5. The van der Waals surface area contributed by atoms with E-state index in [9.17, 15) is 4.79 Å². The molecule has 2 N–H and O–H groups in total. The minimum Gasteiger partial charge on any atom is -0.481 e. The fraction of sp³-hybridized carbons (Fsp3) is 0.562. The average molecular weight is 263 g/mol. The van der Waals surface area contributed by atoms with Crippen LogP contribution in [0.1, 0.15) is 39.7 Å². The molecule has 0 bridgehead atoms. The summed E-state index contributed by atoms with van der Waals surface area (Å²) in [6, 6.07) is 10.3. The molecule has 0 aromatic heterocycles. The molecule has 19 heavy (non-hydrogen) atoms. The van der Waals surface area contributed by atoms with Gasteiger partial charge in [0.05, 0.1) is 5.92 Å². The van der Waals surface area contributed by atoms with Gasteiger partial charge in [-0.05, 0) is 39.2 Å². The van der Waals surface area contributed by atoms with Gasteiger partial charge in [0.25, 0.3) is 0 Å². The van der Waals surface area contributed by atoms with Crippen LogP contribution in [0.2, 0.25) is 0 Å². The standard InChI is InChI=1S/C16H25NO2/c1-12(15(18)19)13(2)17-16(3,4)11-10-14-8-6-5-7-9-14/h5-9,12-13,17H,10-11H2,1-4H3,(H,18,19). The second-order valence-electron chi connectivity index (χ2n) is 5.93. The summed E-state index contributed by atoms with van der Waals surface area (Å²) < 4.78 is 0. The molecule has 0 saturated carbocycles. The van der Waals surface area contributed by atoms with E-state index in [1.807, 2.05) is 25.1 Å². The highest BCUT2D eigenvalue weighted by molar-refractivity contribution is 5.70.